The lowest BCUT2D eigenvalue weighted by molar-refractivity contribution is 0.604. The van der Waals surface area contributed by atoms with Gasteiger partial charge in [0, 0.05) is 0 Å². The van der Waals surface area contributed by atoms with Crippen LogP contribution in [0.2, 0.25) is 0 Å². The first-order valence-corrected chi connectivity index (χ1v) is 5.81. The highest BCUT2D eigenvalue weighted by Crippen LogP contribution is 2.20. The highest BCUT2D eigenvalue weighted by atomic mass is 32.2. The van der Waals surface area contributed by atoms with Crippen LogP contribution in [-0.4, -0.2) is 14.2 Å². The second-order valence-electron chi connectivity index (χ2n) is 2.93. The molecule has 82 valence electrons. The maximum absolute atomic E-state index is 11.3. The van der Waals surface area contributed by atoms with Gasteiger partial charge in [-0.1, -0.05) is 0 Å². The molecule has 0 saturated heterocycles. The Labute approximate surface area is 93.0 Å². The van der Waals surface area contributed by atoms with Crippen LogP contribution in [0, 0.1) is 22.7 Å². The Morgan fingerprint density at radius 3 is 2.56 bits per heavy atom. The molecular formula is C9H8N4O2S. The highest BCUT2D eigenvalue weighted by molar-refractivity contribution is 7.92. The number of nitrogens with zero attached hydrogens (tertiary/aromatic N) is 2. The van der Waals surface area contributed by atoms with E-state index in [0.717, 1.165) is 0 Å². The average molecular weight is 236 g/mol. The van der Waals surface area contributed by atoms with Gasteiger partial charge in [0.2, 0.25) is 10.0 Å². The predicted octanol–water partition coefficient (Wildman–Crippen LogP) is 0.406. The van der Waals surface area contributed by atoms with Crippen LogP contribution < -0.4 is 10.5 Å². The topological polar surface area (TPSA) is 120 Å². The Morgan fingerprint density at radius 2 is 2.06 bits per heavy atom. The maximum Gasteiger partial charge on any atom is 0.246 e. The van der Waals surface area contributed by atoms with Crippen molar-refractivity contribution in [2.75, 3.05) is 16.2 Å². The van der Waals surface area contributed by atoms with Crippen LogP contribution in [0.4, 0.5) is 11.4 Å². The number of nitrogens with two attached hydrogens (primary N) is 1. The van der Waals surface area contributed by atoms with Crippen molar-refractivity contribution in [2.24, 2.45) is 0 Å². The first-order valence-electron chi connectivity index (χ1n) is 4.15. The van der Waals surface area contributed by atoms with Crippen molar-refractivity contribution < 1.29 is 8.42 Å². The number of hydrogen-bond acceptors (Lipinski definition) is 5. The van der Waals surface area contributed by atoms with E-state index in [1.54, 1.807) is 0 Å². The smallest absolute Gasteiger partial charge is 0.246 e. The molecule has 0 aliphatic heterocycles. The number of rotatable bonds is 3. The van der Waals surface area contributed by atoms with E-state index >= 15 is 0 Å². The van der Waals surface area contributed by atoms with Gasteiger partial charge < -0.3 is 5.73 Å². The van der Waals surface area contributed by atoms with Crippen LogP contribution >= 0.6 is 0 Å². The van der Waals surface area contributed by atoms with Crippen molar-refractivity contribution in [1.82, 2.24) is 0 Å². The van der Waals surface area contributed by atoms with Crippen LogP contribution in [0.5, 0.6) is 0 Å². The van der Waals surface area contributed by atoms with Crippen molar-refractivity contribution in [1.29, 1.82) is 10.5 Å². The molecule has 1 aromatic rings. The third-order valence-corrected chi connectivity index (χ3v) is 2.74. The minimum Gasteiger partial charge on any atom is -0.397 e. The number of benzene rings is 1. The second kappa shape index (κ2) is 4.51. The van der Waals surface area contributed by atoms with Crippen LogP contribution in [0.25, 0.3) is 0 Å². The minimum atomic E-state index is -3.70. The fraction of sp³-hybridized carbons (Fsp3) is 0.111. The third kappa shape index (κ3) is 2.87. The Kier molecular flexibility index (Phi) is 3.33. The van der Waals surface area contributed by atoms with Gasteiger partial charge in [-0.3, -0.25) is 4.72 Å². The Morgan fingerprint density at radius 1 is 1.38 bits per heavy atom. The lowest BCUT2D eigenvalue weighted by atomic mass is 10.2. The molecule has 0 heterocycles. The van der Waals surface area contributed by atoms with Gasteiger partial charge in [0.25, 0.3) is 0 Å². The summed E-state index contributed by atoms with van der Waals surface area (Å²) in [5.74, 6) is -0.646. The van der Waals surface area contributed by atoms with Crippen LogP contribution in [0.1, 0.15) is 5.56 Å². The molecule has 6 nitrogen and oxygen atoms in total. The van der Waals surface area contributed by atoms with E-state index in [9.17, 15) is 8.42 Å². The summed E-state index contributed by atoms with van der Waals surface area (Å²) in [5, 5.41) is 16.9. The molecule has 0 aliphatic rings. The fourth-order valence-electron chi connectivity index (χ4n) is 1.01. The Balaban J connectivity index is 3.01. The summed E-state index contributed by atoms with van der Waals surface area (Å²) in [6, 6.07) is 7.56. The van der Waals surface area contributed by atoms with E-state index in [1.165, 1.54) is 24.3 Å². The summed E-state index contributed by atoms with van der Waals surface area (Å²) in [7, 11) is -3.70. The van der Waals surface area contributed by atoms with Gasteiger partial charge >= 0.3 is 0 Å². The van der Waals surface area contributed by atoms with Crippen molar-refractivity contribution >= 4 is 21.4 Å². The number of nitrogens with one attached hydrogen (secondary N) is 1. The van der Waals surface area contributed by atoms with Crippen LogP contribution in [0.3, 0.4) is 0 Å². The normalized spacial score (nSPS) is 10.1. The maximum atomic E-state index is 11.3. The van der Waals surface area contributed by atoms with E-state index in [4.69, 9.17) is 16.3 Å². The number of nitrogen functional groups attached to an aromatic ring is 1. The highest BCUT2D eigenvalue weighted by Gasteiger charge is 2.11. The molecule has 3 N–H and O–H groups in total. The standard InChI is InChI=1S/C9H8N4O2S/c10-3-4-16(14,15)13-9-2-1-7(6-11)5-8(9)12/h1-2,5,13H,4,12H2. The molecule has 0 unspecified atom stereocenters. The molecule has 0 amide bonds. The summed E-state index contributed by atoms with van der Waals surface area (Å²) in [6.45, 7) is 0. The first kappa shape index (κ1) is 11.8. The first-order chi connectivity index (χ1) is 7.48. The van der Waals surface area contributed by atoms with Crippen molar-refractivity contribution in [2.45, 2.75) is 0 Å². The van der Waals surface area contributed by atoms with Crippen molar-refractivity contribution in [3.8, 4) is 12.1 Å². The SMILES string of the molecule is N#CCS(=O)(=O)Nc1ccc(C#N)cc1N. The molecule has 0 aromatic heterocycles. The summed E-state index contributed by atoms with van der Waals surface area (Å²) >= 11 is 0. The van der Waals surface area contributed by atoms with E-state index < -0.39 is 15.8 Å². The van der Waals surface area contributed by atoms with Crippen LogP contribution in [0.15, 0.2) is 18.2 Å². The number of hydrogen-bond donors (Lipinski definition) is 2. The molecule has 1 rings (SSSR count). The molecule has 16 heavy (non-hydrogen) atoms. The van der Waals surface area contributed by atoms with Gasteiger partial charge in [0.05, 0.1) is 29.1 Å². The molecule has 0 bridgehead atoms. The molecule has 0 fully saturated rings. The zero-order valence-electron chi connectivity index (χ0n) is 8.14. The van der Waals surface area contributed by atoms with E-state index in [-0.39, 0.29) is 11.4 Å². The monoisotopic (exact) mass is 236 g/mol. The zero-order chi connectivity index (χ0) is 12.2. The summed E-state index contributed by atoms with van der Waals surface area (Å²) < 4.78 is 24.7. The van der Waals surface area contributed by atoms with E-state index in [0.29, 0.717) is 5.56 Å². The van der Waals surface area contributed by atoms with Crippen LogP contribution in [-0.2, 0) is 10.0 Å². The Bertz CT molecular complexity index is 581. The molecule has 0 aliphatic carbocycles. The number of anilines is 2. The lowest BCUT2D eigenvalue weighted by Crippen LogP contribution is -2.16. The van der Waals surface area contributed by atoms with Gasteiger partial charge in [0.1, 0.15) is 0 Å². The van der Waals surface area contributed by atoms with Gasteiger partial charge in [-0.15, -0.1) is 0 Å². The number of nitriles is 2. The largest absolute Gasteiger partial charge is 0.397 e. The molecular weight excluding hydrogens is 228 g/mol. The quantitative estimate of drug-likeness (QED) is 0.736. The van der Waals surface area contributed by atoms with Gasteiger partial charge in [-0.25, -0.2) is 8.42 Å². The molecule has 0 atom stereocenters. The molecule has 0 radical (unpaired) electrons. The second-order valence-corrected chi connectivity index (χ2v) is 4.66. The van der Waals surface area contributed by atoms with Crippen molar-refractivity contribution in [3.63, 3.8) is 0 Å². The molecule has 0 spiro atoms. The predicted molar refractivity (Wildman–Crippen MR) is 58.6 cm³/mol. The van der Waals surface area contributed by atoms with Gasteiger partial charge in [0.15, 0.2) is 5.75 Å². The summed E-state index contributed by atoms with van der Waals surface area (Å²) in [6.07, 6.45) is 0. The molecule has 0 saturated carbocycles. The molecule has 1 aromatic carbocycles. The van der Waals surface area contributed by atoms with Gasteiger partial charge in [-0.2, -0.15) is 10.5 Å². The minimum absolute atomic E-state index is 0.139. The van der Waals surface area contributed by atoms with Crippen molar-refractivity contribution in [3.05, 3.63) is 23.8 Å². The number of sulfonamides is 1. The van der Waals surface area contributed by atoms with Gasteiger partial charge in [-0.05, 0) is 18.2 Å². The van der Waals surface area contributed by atoms with E-state index in [1.807, 2.05) is 6.07 Å². The zero-order valence-corrected chi connectivity index (χ0v) is 8.95. The Hall–Kier alpha value is -2.25. The third-order valence-electron chi connectivity index (χ3n) is 1.70. The summed E-state index contributed by atoms with van der Waals surface area (Å²) in [4.78, 5) is 0. The summed E-state index contributed by atoms with van der Waals surface area (Å²) in [5.41, 5.74) is 6.17. The fourth-order valence-corrected chi connectivity index (χ4v) is 1.78. The lowest BCUT2D eigenvalue weighted by Gasteiger charge is -2.07. The average Bonchev–Trinajstić information content (AvgIpc) is 2.20. The molecule has 7 heteroatoms. The van der Waals surface area contributed by atoms with E-state index in [2.05, 4.69) is 4.72 Å².